The van der Waals surface area contributed by atoms with Crippen LogP contribution in [0.4, 0.5) is 5.69 Å². The molecule has 2 rings (SSSR count). The van der Waals surface area contributed by atoms with Gasteiger partial charge in [-0.1, -0.05) is 13.8 Å². The molecule has 2 aromatic rings. The number of carbonyl (C=O) groups is 1. The monoisotopic (exact) mass is 289 g/mol. The molecule has 0 fully saturated rings. The predicted octanol–water partition coefficient (Wildman–Crippen LogP) is 2.71. The molecule has 1 unspecified atom stereocenters. The fraction of sp³-hybridized carbons (Fsp3) is 0.400. The molecule has 0 radical (unpaired) electrons. The van der Waals surface area contributed by atoms with Crippen molar-refractivity contribution in [1.82, 2.24) is 9.88 Å². The number of carbonyl (C=O) groups excluding carboxylic acids is 1. The maximum Gasteiger partial charge on any atom is 0.271 e. The number of hydrogen-bond acceptors (Lipinski definition) is 3. The quantitative estimate of drug-likeness (QED) is 0.679. The molecule has 1 aromatic carbocycles. The highest BCUT2D eigenvalue weighted by Gasteiger charge is 2.13. The lowest BCUT2D eigenvalue weighted by Crippen LogP contribution is -2.38. The molecule has 6 nitrogen and oxygen atoms in total. The van der Waals surface area contributed by atoms with Gasteiger partial charge >= 0.3 is 0 Å². The summed E-state index contributed by atoms with van der Waals surface area (Å²) in [6, 6.07) is 6.59. The minimum Gasteiger partial charge on any atom is -0.352 e. The zero-order chi connectivity index (χ0) is 15.6. The van der Waals surface area contributed by atoms with Gasteiger partial charge < -0.3 is 9.88 Å². The number of nitrogens with zero attached hydrogens (tertiary/aromatic N) is 2. The van der Waals surface area contributed by atoms with Gasteiger partial charge in [0.2, 0.25) is 5.91 Å². The van der Waals surface area contributed by atoms with Gasteiger partial charge in [-0.3, -0.25) is 14.9 Å². The molecule has 0 saturated carbocycles. The second-order valence-electron chi connectivity index (χ2n) is 5.54. The van der Waals surface area contributed by atoms with Crippen LogP contribution in [0.5, 0.6) is 0 Å². The molecule has 6 heteroatoms. The molecule has 0 bridgehead atoms. The highest BCUT2D eigenvalue weighted by atomic mass is 16.6. The first kappa shape index (κ1) is 15.0. The Morgan fingerprint density at radius 3 is 2.67 bits per heavy atom. The van der Waals surface area contributed by atoms with Crippen LogP contribution in [0, 0.1) is 16.0 Å². The van der Waals surface area contributed by atoms with Crippen molar-refractivity contribution in [3.05, 3.63) is 40.6 Å². The normalized spacial score (nSPS) is 12.6. The van der Waals surface area contributed by atoms with Crippen LogP contribution in [-0.4, -0.2) is 21.4 Å². The van der Waals surface area contributed by atoms with Crippen LogP contribution in [0.3, 0.4) is 0 Å². The fourth-order valence-electron chi connectivity index (χ4n) is 2.04. The van der Waals surface area contributed by atoms with E-state index in [1.165, 1.54) is 12.1 Å². The number of amides is 1. The molecule has 0 saturated heterocycles. The molecular weight excluding hydrogens is 270 g/mol. The van der Waals surface area contributed by atoms with Gasteiger partial charge in [-0.05, 0) is 25.0 Å². The smallest absolute Gasteiger partial charge is 0.271 e. The number of benzene rings is 1. The Morgan fingerprint density at radius 2 is 2.05 bits per heavy atom. The van der Waals surface area contributed by atoms with Crippen LogP contribution >= 0.6 is 0 Å². The molecule has 1 aromatic heterocycles. The second-order valence-corrected chi connectivity index (χ2v) is 5.54. The van der Waals surface area contributed by atoms with Crippen LogP contribution in [0.25, 0.3) is 10.9 Å². The van der Waals surface area contributed by atoms with Crippen molar-refractivity contribution in [1.29, 1.82) is 0 Å². The van der Waals surface area contributed by atoms with Crippen molar-refractivity contribution < 1.29 is 9.72 Å². The lowest BCUT2D eigenvalue weighted by molar-refractivity contribution is -0.384. The topological polar surface area (TPSA) is 77.2 Å². The van der Waals surface area contributed by atoms with Crippen LogP contribution in [-0.2, 0) is 11.3 Å². The van der Waals surface area contributed by atoms with Gasteiger partial charge in [0.25, 0.3) is 5.69 Å². The summed E-state index contributed by atoms with van der Waals surface area (Å²) in [5.74, 6) is 0.261. The van der Waals surface area contributed by atoms with Gasteiger partial charge in [-0.2, -0.15) is 0 Å². The molecule has 1 heterocycles. The van der Waals surface area contributed by atoms with Crippen molar-refractivity contribution in [2.24, 2.45) is 5.92 Å². The molecule has 1 amide bonds. The zero-order valence-electron chi connectivity index (χ0n) is 12.4. The molecule has 0 aliphatic carbocycles. The summed E-state index contributed by atoms with van der Waals surface area (Å²) in [5, 5.41) is 14.6. The first-order valence-electron chi connectivity index (χ1n) is 6.91. The van der Waals surface area contributed by atoms with Gasteiger partial charge in [0.05, 0.1) is 10.4 Å². The van der Waals surface area contributed by atoms with E-state index in [0.717, 1.165) is 5.39 Å². The molecule has 0 aliphatic heterocycles. The number of nitro benzene ring substituents is 1. The van der Waals surface area contributed by atoms with Crippen LogP contribution in [0.1, 0.15) is 20.8 Å². The maximum absolute atomic E-state index is 12.0. The molecule has 1 atom stereocenters. The molecule has 1 N–H and O–H groups in total. The average molecular weight is 289 g/mol. The van der Waals surface area contributed by atoms with E-state index in [0.29, 0.717) is 11.4 Å². The Kier molecular flexibility index (Phi) is 4.26. The second kappa shape index (κ2) is 5.95. The molecule has 0 aliphatic rings. The summed E-state index contributed by atoms with van der Waals surface area (Å²) in [4.78, 5) is 22.4. The summed E-state index contributed by atoms with van der Waals surface area (Å²) in [6.45, 7) is 6.20. The van der Waals surface area contributed by atoms with Gasteiger partial charge in [0.1, 0.15) is 6.54 Å². The zero-order valence-corrected chi connectivity index (χ0v) is 12.4. The van der Waals surface area contributed by atoms with Gasteiger partial charge in [0.15, 0.2) is 0 Å². The van der Waals surface area contributed by atoms with Crippen molar-refractivity contribution >= 4 is 22.5 Å². The van der Waals surface area contributed by atoms with Crippen LogP contribution < -0.4 is 5.32 Å². The summed E-state index contributed by atoms with van der Waals surface area (Å²) < 4.78 is 1.73. The van der Waals surface area contributed by atoms with Gasteiger partial charge in [0, 0.05) is 29.8 Å². The van der Waals surface area contributed by atoms with E-state index in [1.54, 1.807) is 16.8 Å². The van der Waals surface area contributed by atoms with Gasteiger partial charge in [-0.15, -0.1) is 0 Å². The maximum atomic E-state index is 12.0. The van der Waals surface area contributed by atoms with Gasteiger partial charge in [-0.25, -0.2) is 0 Å². The Labute approximate surface area is 122 Å². The number of non-ortho nitro benzene ring substituents is 1. The highest BCUT2D eigenvalue weighted by molar-refractivity contribution is 5.85. The summed E-state index contributed by atoms with van der Waals surface area (Å²) in [7, 11) is 0. The summed E-state index contributed by atoms with van der Waals surface area (Å²) in [6.07, 6.45) is 1.77. The SMILES string of the molecule is CC(C)C(C)NC(=O)Cn1ccc2ccc([N+](=O)[O-])cc21. The van der Waals surface area contributed by atoms with Crippen molar-refractivity contribution in [3.8, 4) is 0 Å². The summed E-state index contributed by atoms with van der Waals surface area (Å²) in [5.41, 5.74) is 0.718. The average Bonchev–Trinajstić information content (AvgIpc) is 2.80. The summed E-state index contributed by atoms with van der Waals surface area (Å²) >= 11 is 0. The lowest BCUT2D eigenvalue weighted by atomic mass is 10.1. The number of aromatic nitrogens is 1. The first-order chi connectivity index (χ1) is 9.88. The fourth-order valence-corrected chi connectivity index (χ4v) is 2.04. The Balaban J connectivity index is 2.20. The van der Waals surface area contributed by atoms with E-state index < -0.39 is 4.92 Å². The van der Waals surface area contributed by atoms with Crippen LogP contribution in [0.2, 0.25) is 0 Å². The predicted molar refractivity (Wildman–Crippen MR) is 81.0 cm³/mol. The first-order valence-corrected chi connectivity index (χ1v) is 6.91. The van der Waals surface area contributed by atoms with Crippen molar-refractivity contribution in [3.63, 3.8) is 0 Å². The highest BCUT2D eigenvalue weighted by Crippen LogP contribution is 2.21. The lowest BCUT2D eigenvalue weighted by Gasteiger charge is -2.17. The molecular formula is C15H19N3O3. The number of nitro groups is 1. The van der Waals surface area contributed by atoms with E-state index in [-0.39, 0.29) is 24.2 Å². The van der Waals surface area contributed by atoms with Crippen molar-refractivity contribution in [2.45, 2.75) is 33.4 Å². The van der Waals surface area contributed by atoms with E-state index in [1.807, 2.05) is 26.8 Å². The third-order valence-electron chi connectivity index (χ3n) is 3.67. The third kappa shape index (κ3) is 3.39. The minimum atomic E-state index is -0.433. The number of nitrogens with one attached hydrogen (secondary N) is 1. The third-order valence-corrected chi connectivity index (χ3v) is 3.67. The largest absolute Gasteiger partial charge is 0.352 e. The van der Waals surface area contributed by atoms with Crippen molar-refractivity contribution in [2.75, 3.05) is 0 Å². The molecule has 0 spiro atoms. The van der Waals surface area contributed by atoms with E-state index in [4.69, 9.17) is 0 Å². The number of fused-ring (bicyclic) bond motifs is 1. The number of hydrogen-bond donors (Lipinski definition) is 1. The molecule has 21 heavy (non-hydrogen) atoms. The van der Waals surface area contributed by atoms with E-state index in [2.05, 4.69) is 5.32 Å². The van der Waals surface area contributed by atoms with E-state index in [9.17, 15) is 14.9 Å². The van der Waals surface area contributed by atoms with Crippen LogP contribution in [0.15, 0.2) is 30.5 Å². The van der Waals surface area contributed by atoms with E-state index >= 15 is 0 Å². The minimum absolute atomic E-state index is 0.0263. The standard InChI is InChI=1S/C15H19N3O3/c1-10(2)11(3)16-15(19)9-17-7-6-12-4-5-13(18(20)21)8-14(12)17/h4-8,10-11H,9H2,1-3H3,(H,16,19). The number of rotatable bonds is 5. The Morgan fingerprint density at radius 1 is 1.33 bits per heavy atom. The Hall–Kier alpha value is -2.37. The molecule has 112 valence electrons. The Bertz CT molecular complexity index is 676.